The van der Waals surface area contributed by atoms with Gasteiger partial charge in [0.1, 0.15) is 5.75 Å². The summed E-state index contributed by atoms with van der Waals surface area (Å²) in [6.07, 6.45) is 0. The van der Waals surface area contributed by atoms with Crippen LogP contribution in [0.1, 0.15) is 0 Å². The summed E-state index contributed by atoms with van der Waals surface area (Å²) in [7, 11) is 0.661. The number of hydrogen-bond acceptors (Lipinski definition) is 5. The Balaban J connectivity index is 1.62. The van der Waals surface area contributed by atoms with E-state index in [2.05, 4.69) is 42.5 Å². The van der Waals surface area contributed by atoms with E-state index in [9.17, 15) is 0 Å². The molecule has 1 radical (unpaired) electrons. The van der Waals surface area contributed by atoms with Crippen molar-refractivity contribution in [1.82, 2.24) is 15.0 Å². The number of benzene rings is 5. The molecule has 37 heavy (non-hydrogen) atoms. The van der Waals surface area contributed by atoms with Gasteiger partial charge in [0.05, 0.1) is 0 Å². The monoisotopic (exact) mass is 478 g/mol. The van der Waals surface area contributed by atoms with E-state index in [1.165, 1.54) is 0 Å². The third-order valence-electron chi connectivity index (χ3n) is 6.18. The maximum Gasteiger partial charge on any atom is 0.569 e. The predicted octanol–water partition coefficient (Wildman–Crippen LogP) is 6.60. The van der Waals surface area contributed by atoms with E-state index in [0.29, 0.717) is 30.9 Å². The Bertz CT molecular complexity index is 1690. The first-order chi connectivity index (χ1) is 18.3. The Labute approximate surface area is 215 Å². The molecule has 0 saturated carbocycles. The molecule has 5 aromatic carbocycles. The fourth-order valence-electron chi connectivity index (χ4n) is 4.48. The van der Waals surface area contributed by atoms with Crippen LogP contribution in [0, 0.1) is 0 Å². The van der Waals surface area contributed by atoms with Crippen molar-refractivity contribution in [3.05, 3.63) is 121 Å². The fraction of sp³-hybridized carbons (Fsp3) is 0. The summed E-state index contributed by atoms with van der Waals surface area (Å²) in [6, 6.07) is 40.0. The molecule has 6 heteroatoms. The summed E-state index contributed by atoms with van der Waals surface area (Å²) in [5.41, 5.74) is 4.72. The van der Waals surface area contributed by atoms with Crippen molar-refractivity contribution in [3.8, 4) is 51.0 Å². The summed E-state index contributed by atoms with van der Waals surface area (Å²) in [5.74, 6) is 2.15. The van der Waals surface area contributed by atoms with Crippen LogP contribution in [0.25, 0.3) is 56.1 Å². The van der Waals surface area contributed by atoms with Crippen LogP contribution in [-0.2, 0) is 0 Å². The highest BCUT2D eigenvalue weighted by Crippen LogP contribution is 2.38. The lowest BCUT2D eigenvalue weighted by Gasteiger charge is -2.15. The highest BCUT2D eigenvalue weighted by atomic mass is 16.5. The van der Waals surface area contributed by atoms with Crippen molar-refractivity contribution < 1.29 is 9.68 Å². The average Bonchev–Trinajstić information content (AvgIpc) is 2.97. The number of nitrogens with zero attached hydrogens (tertiary/aromatic N) is 3. The van der Waals surface area contributed by atoms with Crippen molar-refractivity contribution in [3.63, 3.8) is 0 Å². The molecule has 175 valence electrons. The number of fused-ring (bicyclic) bond motifs is 1. The highest BCUT2D eigenvalue weighted by Gasteiger charge is 2.18. The average molecular weight is 478 g/mol. The molecule has 1 heterocycles. The summed E-state index contributed by atoms with van der Waals surface area (Å²) in [4.78, 5) is 14.7. The van der Waals surface area contributed by atoms with Crippen LogP contribution in [0.2, 0.25) is 0 Å². The lowest BCUT2D eigenvalue weighted by atomic mass is 9.93. The number of rotatable bonds is 6. The smallest absolute Gasteiger partial charge is 0.537 e. The number of hydrogen-bond donors (Lipinski definition) is 1. The summed E-state index contributed by atoms with van der Waals surface area (Å²) >= 11 is 0. The maximum absolute atomic E-state index is 9.10. The van der Waals surface area contributed by atoms with Gasteiger partial charge in [-0.25, -0.2) is 15.0 Å². The molecule has 6 rings (SSSR count). The van der Waals surface area contributed by atoms with Gasteiger partial charge in [-0.3, -0.25) is 0 Å². The molecule has 5 nitrogen and oxygen atoms in total. The van der Waals surface area contributed by atoms with Gasteiger partial charge in [-0.2, -0.15) is 0 Å². The molecule has 0 aliphatic heterocycles. The second kappa shape index (κ2) is 10.1. The van der Waals surface area contributed by atoms with Crippen LogP contribution < -0.4 is 4.65 Å². The van der Waals surface area contributed by atoms with E-state index in [-0.39, 0.29) is 0 Å². The van der Waals surface area contributed by atoms with E-state index in [1.54, 1.807) is 12.1 Å². The first kappa shape index (κ1) is 22.6. The molecule has 0 fully saturated rings. The van der Waals surface area contributed by atoms with Gasteiger partial charge in [-0.1, -0.05) is 103 Å². The van der Waals surface area contributed by atoms with E-state index in [4.69, 9.17) is 24.6 Å². The van der Waals surface area contributed by atoms with Crippen molar-refractivity contribution in [1.29, 1.82) is 0 Å². The van der Waals surface area contributed by atoms with Crippen molar-refractivity contribution in [2.75, 3.05) is 0 Å². The topological polar surface area (TPSA) is 68.1 Å². The molecule has 0 saturated heterocycles. The Hall–Kier alpha value is -4.81. The summed E-state index contributed by atoms with van der Waals surface area (Å²) in [6.45, 7) is 0. The molecule has 1 aromatic heterocycles. The first-order valence-electron chi connectivity index (χ1n) is 11.9. The van der Waals surface area contributed by atoms with Crippen molar-refractivity contribution >= 4 is 18.5 Å². The SMILES string of the molecule is O[B]Oc1cccc(-c2nc(-c3ccccc3)nc(-c3ccc4ccccc4c3-c3ccccc3)n2)c1. The van der Waals surface area contributed by atoms with Crippen molar-refractivity contribution in [2.24, 2.45) is 0 Å². The lowest BCUT2D eigenvalue weighted by Crippen LogP contribution is -2.02. The van der Waals surface area contributed by atoms with Crippen LogP contribution in [-0.4, -0.2) is 27.7 Å². The minimum Gasteiger partial charge on any atom is -0.537 e. The molecule has 1 N–H and O–H groups in total. The Morgan fingerprint density at radius 3 is 1.92 bits per heavy atom. The molecule has 0 aliphatic rings. The first-order valence-corrected chi connectivity index (χ1v) is 11.9. The minimum absolute atomic E-state index is 0.485. The largest absolute Gasteiger partial charge is 0.569 e. The molecule has 0 spiro atoms. The minimum atomic E-state index is 0.485. The fourth-order valence-corrected chi connectivity index (χ4v) is 4.48. The molecule has 0 unspecified atom stereocenters. The third kappa shape index (κ3) is 4.58. The summed E-state index contributed by atoms with van der Waals surface area (Å²) < 4.78 is 5.18. The Morgan fingerprint density at radius 1 is 0.541 bits per heavy atom. The van der Waals surface area contributed by atoms with Gasteiger partial charge in [0.25, 0.3) is 0 Å². The maximum atomic E-state index is 9.10. The molecular formula is C31H21BN3O2. The van der Waals surface area contributed by atoms with Gasteiger partial charge in [-0.05, 0) is 34.5 Å². The molecule has 0 atom stereocenters. The molecule has 0 bridgehead atoms. The quantitative estimate of drug-likeness (QED) is 0.273. The molecular weight excluding hydrogens is 457 g/mol. The zero-order chi connectivity index (χ0) is 25.0. The normalized spacial score (nSPS) is 10.8. The van der Waals surface area contributed by atoms with E-state index < -0.39 is 0 Å². The summed E-state index contributed by atoms with van der Waals surface area (Å²) in [5, 5.41) is 11.4. The highest BCUT2D eigenvalue weighted by molar-refractivity contribution is 6.17. The van der Waals surface area contributed by atoms with Gasteiger partial charge in [0.15, 0.2) is 17.5 Å². The van der Waals surface area contributed by atoms with Crippen LogP contribution in [0.15, 0.2) is 121 Å². The van der Waals surface area contributed by atoms with Crippen LogP contribution in [0.5, 0.6) is 5.75 Å². The lowest BCUT2D eigenvalue weighted by molar-refractivity contribution is 0.454. The molecule has 0 amide bonds. The standard InChI is InChI=1S/C31H21BN3O2/c36-32-37-25-16-9-15-24(20-25)30-33-29(23-13-5-2-6-14-23)34-31(35-30)27-19-18-21-10-7-8-17-26(21)28(27)22-11-3-1-4-12-22/h1-20,36H. The van der Waals surface area contributed by atoms with E-state index >= 15 is 0 Å². The van der Waals surface area contributed by atoms with E-state index in [1.807, 2.05) is 66.7 Å². The van der Waals surface area contributed by atoms with Gasteiger partial charge >= 0.3 is 7.69 Å². The zero-order valence-electron chi connectivity index (χ0n) is 19.8. The van der Waals surface area contributed by atoms with Crippen molar-refractivity contribution in [2.45, 2.75) is 0 Å². The molecule has 0 aliphatic carbocycles. The van der Waals surface area contributed by atoms with Gasteiger partial charge < -0.3 is 9.68 Å². The van der Waals surface area contributed by atoms with Crippen LogP contribution in [0.4, 0.5) is 0 Å². The van der Waals surface area contributed by atoms with Crippen LogP contribution in [0.3, 0.4) is 0 Å². The Morgan fingerprint density at radius 2 is 1.16 bits per heavy atom. The van der Waals surface area contributed by atoms with E-state index in [0.717, 1.165) is 38.6 Å². The van der Waals surface area contributed by atoms with Gasteiger partial charge in [-0.15, -0.1) is 0 Å². The zero-order valence-corrected chi connectivity index (χ0v) is 19.8. The second-order valence-electron chi connectivity index (χ2n) is 8.50. The second-order valence-corrected chi connectivity index (χ2v) is 8.50. The molecule has 6 aromatic rings. The van der Waals surface area contributed by atoms with Gasteiger partial charge in [0.2, 0.25) is 0 Å². The van der Waals surface area contributed by atoms with Gasteiger partial charge in [0, 0.05) is 22.3 Å². The predicted molar refractivity (Wildman–Crippen MR) is 148 cm³/mol. The third-order valence-corrected chi connectivity index (χ3v) is 6.18. The Kier molecular flexibility index (Phi) is 6.15. The number of aromatic nitrogens is 3. The van der Waals surface area contributed by atoms with Crippen LogP contribution >= 0.6 is 0 Å².